The molecule has 5 nitrogen and oxygen atoms in total. The van der Waals surface area contributed by atoms with Crippen LogP contribution in [0.15, 0.2) is 35.2 Å². The minimum Gasteiger partial charge on any atom is -0.492 e. The molecule has 0 saturated heterocycles. The maximum absolute atomic E-state index is 13.8. The molecule has 0 saturated carbocycles. The van der Waals surface area contributed by atoms with Gasteiger partial charge in [-0.1, -0.05) is 0 Å². The van der Waals surface area contributed by atoms with Gasteiger partial charge in [-0.15, -0.1) is 0 Å². The van der Waals surface area contributed by atoms with Crippen LogP contribution in [-0.4, -0.2) is 21.1 Å². The van der Waals surface area contributed by atoms with Gasteiger partial charge in [-0.2, -0.15) is 0 Å². The number of nitrogens with one attached hydrogen (secondary N) is 1. The zero-order chi connectivity index (χ0) is 18.2. The number of fused-ring (bicyclic) bond motifs is 1. The minimum absolute atomic E-state index is 0.0306. The van der Waals surface area contributed by atoms with E-state index in [0.29, 0.717) is 30.6 Å². The molecule has 0 bridgehead atoms. The van der Waals surface area contributed by atoms with Gasteiger partial charge in [0.25, 0.3) is 10.0 Å². The van der Waals surface area contributed by atoms with Gasteiger partial charge >= 0.3 is 0 Å². The van der Waals surface area contributed by atoms with Crippen LogP contribution in [0.3, 0.4) is 0 Å². The third-order valence-electron chi connectivity index (χ3n) is 3.73. The third-order valence-corrected chi connectivity index (χ3v) is 5.11. The highest BCUT2D eigenvalue weighted by molar-refractivity contribution is 7.92. The van der Waals surface area contributed by atoms with Crippen LogP contribution in [0.5, 0.6) is 11.5 Å². The van der Waals surface area contributed by atoms with Crippen molar-refractivity contribution in [3.8, 4) is 11.5 Å². The fourth-order valence-electron chi connectivity index (χ4n) is 2.68. The quantitative estimate of drug-likeness (QED) is 0.876. The van der Waals surface area contributed by atoms with Crippen LogP contribution in [0, 0.1) is 11.6 Å². The molecule has 0 aromatic heterocycles. The van der Waals surface area contributed by atoms with Crippen LogP contribution >= 0.6 is 0 Å². The first-order valence-corrected chi connectivity index (χ1v) is 9.22. The summed E-state index contributed by atoms with van der Waals surface area (Å²) >= 11 is 0. The summed E-state index contributed by atoms with van der Waals surface area (Å²) in [6.45, 7) is 3.97. The van der Waals surface area contributed by atoms with Gasteiger partial charge in [-0.05, 0) is 38.1 Å². The molecule has 1 N–H and O–H groups in total. The van der Waals surface area contributed by atoms with Crippen molar-refractivity contribution >= 4 is 15.7 Å². The topological polar surface area (TPSA) is 64.6 Å². The lowest BCUT2D eigenvalue weighted by Gasteiger charge is -2.15. The molecule has 0 fully saturated rings. The normalized spacial score (nSPS) is 16.2. The predicted molar refractivity (Wildman–Crippen MR) is 88.6 cm³/mol. The molecule has 1 atom stereocenters. The van der Waals surface area contributed by atoms with Crippen molar-refractivity contribution in [2.24, 2.45) is 0 Å². The number of sulfonamides is 1. The molecule has 1 aliphatic rings. The first kappa shape index (κ1) is 17.5. The maximum atomic E-state index is 13.8. The Hall–Kier alpha value is -2.35. The van der Waals surface area contributed by atoms with Crippen LogP contribution in [0.25, 0.3) is 0 Å². The SMILES string of the molecule is CCOc1cc2c(cc1NS(=O)(=O)c1cc(F)ccc1F)O[C@@H](C)C2. The van der Waals surface area contributed by atoms with Crippen LogP contribution in [0.1, 0.15) is 19.4 Å². The maximum Gasteiger partial charge on any atom is 0.265 e. The molecule has 3 rings (SSSR count). The number of hydrogen-bond acceptors (Lipinski definition) is 4. The molecule has 25 heavy (non-hydrogen) atoms. The highest BCUT2D eigenvalue weighted by Gasteiger charge is 2.26. The number of rotatable bonds is 5. The smallest absolute Gasteiger partial charge is 0.265 e. The van der Waals surface area contributed by atoms with E-state index in [0.717, 1.165) is 17.7 Å². The molecule has 1 aliphatic heterocycles. The fourth-order valence-corrected chi connectivity index (χ4v) is 3.83. The van der Waals surface area contributed by atoms with E-state index >= 15 is 0 Å². The molecule has 0 amide bonds. The van der Waals surface area contributed by atoms with Gasteiger partial charge in [0.2, 0.25) is 0 Å². The number of benzene rings is 2. The molecular weight excluding hydrogens is 352 g/mol. The zero-order valence-corrected chi connectivity index (χ0v) is 14.5. The summed E-state index contributed by atoms with van der Waals surface area (Å²) in [5.41, 5.74) is 1.01. The lowest BCUT2D eigenvalue weighted by Crippen LogP contribution is -2.16. The van der Waals surface area contributed by atoms with E-state index in [2.05, 4.69) is 4.72 Å². The molecule has 0 spiro atoms. The molecule has 0 radical (unpaired) electrons. The predicted octanol–water partition coefficient (Wildman–Crippen LogP) is 3.49. The number of hydrogen-bond donors (Lipinski definition) is 1. The second kappa shape index (κ2) is 6.51. The average Bonchev–Trinajstić information content (AvgIpc) is 2.89. The van der Waals surface area contributed by atoms with Gasteiger partial charge in [0.05, 0.1) is 12.3 Å². The second-order valence-electron chi connectivity index (χ2n) is 5.70. The van der Waals surface area contributed by atoms with E-state index in [-0.39, 0.29) is 11.8 Å². The Morgan fingerprint density at radius 3 is 2.76 bits per heavy atom. The Labute approximate surface area is 144 Å². The Bertz CT molecular complexity index is 915. The van der Waals surface area contributed by atoms with Crippen LogP contribution in [0.2, 0.25) is 0 Å². The summed E-state index contributed by atoms with van der Waals surface area (Å²) in [7, 11) is -4.34. The summed E-state index contributed by atoms with van der Waals surface area (Å²) in [5, 5.41) is 0. The fraction of sp³-hybridized carbons (Fsp3) is 0.294. The lowest BCUT2D eigenvalue weighted by molar-refractivity contribution is 0.254. The van der Waals surface area contributed by atoms with Crippen molar-refractivity contribution < 1.29 is 26.7 Å². The van der Waals surface area contributed by atoms with Crippen LogP contribution in [-0.2, 0) is 16.4 Å². The third kappa shape index (κ3) is 3.53. The van der Waals surface area contributed by atoms with Crippen molar-refractivity contribution in [1.29, 1.82) is 0 Å². The van der Waals surface area contributed by atoms with E-state index in [1.54, 1.807) is 13.0 Å². The van der Waals surface area contributed by atoms with Crippen LogP contribution < -0.4 is 14.2 Å². The number of anilines is 1. The zero-order valence-electron chi connectivity index (χ0n) is 13.7. The highest BCUT2D eigenvalue weighted by Crippen LogP contribution is 2.39. The molecule has 0 unspecified atom stereocenters. The minimum atomic E-state index is -4.34. The van der Waals surface area contributed by atoms with Crippen molar-refractivity contribution in [3.05, 3.63) is 47.5 Å². The second-order valence-corrected chi connectivity index (χ2v) is 7.35. The highest BCUT2D eigenvalue weighted by atomic mass is 32.2. The Kier molecular flexibility index (Phi) is 4.55. The van der Waals surface area contributed by atoms with E-state index < -0.39 is 26.6 Å². The molecule has 0 aliphatic carbocycles. The van der Waals surface area contributed by atoms with Crippen molar-refractivity contribution in [2.75, 3.05) is 11.3 Å². The van der Waals surface area contributed by atoms with Crippen molar-refractivity contribution in [2.45, 2.75) is 31.3 Å². The van der Waals surface area contributed by atoms with Crippen LogP contribution in [0.4, 0.5) is 14.5 Å². The summed E-state index contributed by atoms with van der Waals surface area (Å²) in [5.74, 6) is -1.05. The van der Waals surface area contributed by atoms with Gasteiger partial charge in [0.1, 0.15) is 34.1 Å². The van der Waals surface area contributed by atoms with Gasteiger partial charge in [0.15, 0.2) is 0 Å². The number of ether oxygens (including phenoxy) is 2. The van der Waals surface area contributed by atoms with E-state index in [9.17, 15) is 17.2 Å². The van der Waals surface area contributed by atoms with E-state index in [1.165, 1.54) is 6.07 Å². The van der Waals surface area contributed by atoms with E-state index in [1.807, 2.05) is 6.92 Å². The molecular formula is C17H17F2NO4S. The Balaban J connectivity index is 2.02. The standard InChI is InChI=1S/C17H17F2NO4S/c1-3-23-16-7-11-6-10(2)24-15(11)9-14(16)20-25(21,22)17-8-12(18)4-5-13(17)19/h4-5,7-10,20H,3,6H2,1-2H3/t10-/m0/s1. The molecule has 134 valence electrons. The molecule has 8 heteroatoms. The summed E-state index contributed by atoms with van der Waals surface area (Å²) < 4.78 is 65.5. The van der Waals surface area contributed by atoms with E-state index in [4.69, 9.17) is 9.47 Å². The summed E-state index contributed by atoms with van der Waals surface area (Å²) in [6.07, 6.45) is 0.651. The first-order chi connectivity index (χ1) is 11.8. The molecule has 2 aromatic rings. The van der Waals surface area contributed by atoms with Crippen molar-refractivity contribution in [1.82, 2.24) is 0 Å². The number of halogens is 2. The average molecular weight is 369 g/mol. The van der Waals surface area contributed by atoms with Gasteiger partial charge in [-0.3, -0.25) is 4.72 Å². The molecule has 1 heterocycles. The van der Waals surface area contributed by atoms with Gasteiger partial charge in [0, 0.05) is 18.1 Å². The van der Waals surface area contributed by atoms with Crippen molar-refractivity contribution in [3.63, 3.8) is 0 Å². The largest absolute Gasteiger partial charge is 0.492 e. The molecule has 2 aromatic carbocycles. The van der Waals surface area contributed by atoms with Gasteiger partial charge in [-0.25, -0.2) is 17.2 Å². The lowest BCUT2D eigenvalue weighted by atomic mass is 10.1. The first-order valence-electron chi connectivity index (χ1n) is 7.74. The Morgan fingerprint density at radius 1 is 1.28 bits per heavy atom. The summed E-state index contributed by atoms with van der Waals surface area (Å²) in [4.78, 5) is -0.773. The monoisotopic (exact) mass is 369 g/mol. The Morgan fingerprint density at radius 2 is 2.04 bits per heavy atom. The van der Waals surface area contributed by atoms with Gasteiger partial charge < -0.3 is 9.47 Å². The summed E-state index contributed by atoms with van der Waals surface area (Å²) in [6, 6.07) is 5.44.